The van der Waals surface area contributed by atoms with E-state index in [1.807, 2.05) is 22.2 Å². The number of imidazole rings is 1. The topological polar surface area (TPSA) is 49.6 Å². The molecule has 0 bridgehead atoms. The first-order chi connectivity index (χ1) is 7.81. The standard InChI is InChI=1S/C11H15N3OS/c15-10(6-12-8-1-2-8)5-9-7-14-3-4-16-11(14)13-9/h3-4,7-8,10,12,15H,1-2,5-6H2. The molecule has 0 aliphatic heterocycles. The van der Waals surface area contributed by atoms with Crippen molar-refractivity contribution >= 4 is 16.3 Å². The van der Waals surface area contributed by atoms with Gasteiger partial charge in [-0.1, -0.05) is 0 Å². The number of hydrogen-bond donors (Lipinski definition) is 2. The van der Waals surface area contributed by atoms with E-state index in [-0.39, 0.29) is 6.10 Å². The number of aliphatic hydroxyl groups excluding tert-OH is 1. The second-order valence-electron chi connectivity index (χ2n) is 4.37. The normalized spacial score (nSPS) is 18.1. The van der Waals surface area contributed by atoms with Gasteiger partial charge in [0.25, 0.3) is 0 Å². The maximum Gasteiger partial charge on any atom is 0.193 e. The van der Waals surface area contributed by atoms with Crippen molar-refractivity contribution in [2.75, 3.05) is 6.54 Å². The second kappa shape index (κ2) is 4.16. The lowest BCUT2D eigenvalue weighted by Crippen LogP contribution is -2.29. The summed E-state index contributed by atoms with van der Waals surface area (Å²) in [5.41, 5.74) is 0.969. The van der Waals surface area contributed by atoms with Crippen LogP contribution in [0.4, 0.5) is 0 Å². The fourth-order valence-corrected chi connectivity index (χ4v) is 2.50. The monoisotopic (exact) mass is 237 g/mol. The Kier molecular flexibility index (Phi) is 2.67. The molecular formula is C11H15N3OS. The summed E-state index contributed by atoms with van der Waals surface area (Å²) in [6.07, 6.45) is 6.80. The van der Waals surface area contributed by atoms with Gasteiger partial charge in [-0.3, -0.25) is 4.40 Å². The molecule has 86 valence electrons. The van der Waals surface area contributed by atoms with Gasteiger partial charge in [0, 0.05) is 36.8 Å². The third-order valence-electron chi connectivity index (χ3n) is 2.81. The van der Waals surface area contributed by atoms with Gasteiger partial charge < -0.3 is 10.4 Å². The van der Waals surface area contributed by atoms with E-state index in [1.54, 1.807) is 11.3 Å². The van der Waals surface area contributed by atoms with Crippen LogP contribution >= 0.6 is 11.3 Å². The molecule has 0 spiro atoms. The van der Waals surface area contributed by atoms with Gasteiger partial charge in [0.2, 0.25) is 0 Å². The molecular weight excluding hydrogens is 222 g/mol. The van der Waals surface area contributed by atoms with Crippen LogP contribution in [0.25, 0.3) is 4.96 Å². The maximum absolute atomic E-state index is 9.83. The fraction of sp³-hybridized carbons (Fsp3) is 0.545. The number of nitrogens with zero attached hydrogens (tertiary/aromatic N) is 2. The number of aromatic nitrogens is 2. The number of aliphatic hydroxyl groups is 1. The van der Waals surface area contributed by atoms with Gasteiger partial charge in [-0.05, 0) is 12.8 Å². The third kappa shape index (κ3) is 2.26. The minimum absolute atomic E-state index is 0.329. The van der Waals surface area contributed by atoms with Gasteiger partial charge in [0.05, 0.1) is 11.8 Å². The first-order valence-corrected chi connectivity index (χ1v) is 6.52. The van der Waals surface area contributed by atoms with Crippen molar-refractivity contribution in [2.24, 2.45) is 0 Å². The van der Waals surface area contributed by atoms with Crippen molar-refractivity contribution in [3.8, 4) is 0 Å². The van der Waals surface area contributed by atoms with Crippen LogP contribution in [0.5, 0.6) is 0 Å². The van der Waals surface area contributed by atoms with Crippen LogP contribution in [0, 0.1) is 0 Å². The summed E-state index contributed by atoms with van der Waals surface area (Å²) in [4.78, 5) is 5.45. The largest absolute Gasteiger partial charge is 0.391 e. The molecule has 2 aromatic heterocycles. The zero-order valence-electron chi connectivity index (χ0n) is 8.97. The number of nitrogens with one attached hydrogen (secondary N) is 1. The summed E-state index contributed by atoms with van der Waals surface area (Å²) in [5.74, 6) is 0. The fourth-order valence-electron chi connectivity index (χ4n) is 1.78. The molecule has 1 atom stereocenters. The van der Waals surface area contributed by atoms with Crippen LogP contribution in [-0.4, -0.2) is 33.2 Å². The zero-order chi connectivity index (χ0) is 11.0. The molecule has 1 unspecified atom stereocenters. The van der Waals surface area contributed by atoms with E-state index >= 15 is 0 Å². The van der Waals surface area contributed by atoms with E-state index in [4.69, 9.17) is 0 Å². The molecule has 1 aliphatic carbocycles. The lowest BCUT2D eigenvalue weighted by Gasteiger charge is -2.09. The molecule has 2 aromatic rings. The summed E-state index contributed by atoms with van der Waals surface area (Å²) >= 11 is 1.62. The van der Waals surface area contributed by atoms with E-state index in [2.05, 4.69) is 10.3 Å². The predicted octanol–water partition coefficient (Wildman–Crippen LogP) is 1.05. The average molecular weight is 237 g/mol. The Morgan fingerprint density at radius 1 is 1.62 bits per heavy atom. The van der Waals surface area contributed by atoms with Gasteiger partial charge in [-0.15, -0.1) is 11.3 Å². The third-order valence-corrected chi connectivity index (χ3v) is 3.58. The van der Waals surface area contributed by atoms with Gasteiger partial charge in [0.15, 0.2) is 4.96 Å². The van der Waals surface area contributed by atoms with Gasteiger partial charge in [-0.25, -0.2) is 4.98 Å². The van der Waals surface area contributed by atoms with E-state index in [0.717, 1.165) is 10.7 Å². The Hall–Kier alpha value is -0.910. The smallest absolute Gasteiger partial charge is 0.193 e. The SMILES string of the molecule is OC(CNC1CC1)Cc1cn2ccsc2n1. The molecule has 4 nitrogen and oxygen atoms in total. The quantitative estimate of drug-likeness (QED) is 0.817. The molecule has 3 rings (SSSR count). The molecule has 1 saturated carbocycles. The number of fused-ring (bicyclic) bond motifs is 1. The van der Waals surface area contributed by atoms with Gasteiger partial charge in [0.1, 0.15) is 0 Å². The van der Waals surface area contributed by atoms with E-state index in [1.165, 1.54) is 12.8 Å². The van der Waals surface area contributed by atoms with Crippen molar-refractivity contribution in [3.05, 3.63) is 23.5 Å². The van der Waals surface area contributed by atoms with Crippen LogP contribution in [-0.2, 0) is 6.42 Å². The van der Waals surface area contributed by atoms with Crippen molar-refractivity contribution in [3.63, 3.8) is 0 Å². The highest BCUT2D eigenvalue weighted by Gasteiger charge is 2.21. The molecule has 1 fully saturated rings. The van der Waals surface area contributed by atoms with Crippen LogP contribution in [0.15, 0.2) is 17.8 Å². The summed E-state index contributed by atoms with van der Waals surface area (Å²) in [6, 6.07) is 0.653. The lowest BCUT2D eigenvalue weighted by molar-refractivity contribution is 0.170. The Morgan fingerprint density at radius 2 is 2.50 bits per heavy atom. The maximum atomic E-state index is 9.83. The summed E-state index contributed by atoms with van der Waals surface area (Å²) in [6.45, 7) is 0.676. The van der Waals surface area contributed by atoms with E-state index in [9.17, 15) is 5.11 Å². The van der Waals surface area contributed by atoms with E-state index < -0.39 is 0 Å². The lowest BCUT2D eigenvalue weighted by atomic mass is 10.2. The van der Waals surface area contributed by atoms with Crippen LogP contribution in [0.3, 0.4) is 0 Å². The Labute approximate surface area is 97.9 Å². The second-order valence-corrected chi connectivity index (χ2v) is 5.24. The van der Waals surface area contributed by atoms with Gasteiger partial charge in [-0.2, -0.15) is 0 Å². The first-order valence-electron chi connectivity index (χ1n) is 5.64. The molecule has 5 heteroatoms. The molecule has 0 saturated heterocycles. The van der Waals surface area contributed by atoms with Crippen LogP contribution in [0.1, 0.15) is 18.5 Å². The minimum Gasteiger partial charge on any atom is -0.391 e. The Bertz CT molecular complexity index is 446. The summed E-state index contributed by atoms with van der Waals surface area (Å²) in [7, 11) is 0. The highest BCUT2D eigenvalue weighted by atomic mass is 32.1. The Balaban J connectivity index is 1.58. The molecule has 0 amide bonds. The summed E-state index contributed by atoms with van der Waals surface area (Å²) < 4.78 is 2.00. The average Bonchev–Trinajstić information content (AvgIpc) is 2.86. The molecule has 2 heterocycles. The zero-order valence-corrected chi connectivity index (χ0v) is 9.78. The predicted molar refractivity (Wildman–Crippen MR) is 63.8 cm³/mol. The first kappa shape index (κ1) is 10.3. The number of rotatable bonds is 5. The van der Waals surface area contributed by atoms with E-state index in [0.29, 0.717) is 19.0 Å². The molecule has 0 radical (unpaired) electrons. The minimum atomic E-state index is -0.329. The van der Waals surface area contributed by atoms with Crippen molar-refractivity contribution < 1.29 is 5.11 Å². The molecule has 0 aromatic carbocycles. The highest BCUT2D eigenvalue weighted by Crippen LogP contribution is 2.18. The Morgan fingerprint density at radius 3 is 3.25 bits per heavy atom. The van der Waals surface area contributed by atoms with Crippen LogP contribution in [0.2, 0.25) is 0 Å². The van der Waals surface area contributed by atoms with Crippen molar-refractivity contribution in [1.82, 2.24) is 14.7 Å². The molecule has 2 N–H and O–H groups in total. The summed E-state index contributed by atoms with van der Waals surface area (Å²) in [5, 5.41) is 15.2. The molecule has 16 heavy (non-hydrogen) atoms. The molecule has 1 aliphatic rings. The van der Waals surface area contributed by atoms with Crippen LogP contribution < -0.4 is 5.32 Å². The van der Waals surface area contributed by atoms with Crippen molar-refractivity contribution in [1.29, 1.82) is 0 Å². The van der Waals surface area contributed by atoms with Gasteiger partial charge >= 0.3 is 0 Å². The number of hydrogen-bond acceptors (Lipinski definition) is 4. The van der Waals surface area contributed by atoms with Crippen molar-refractivity contribution in [2.45, 2.75) is 31.4 Å². The highest BCUT2D eigenvalue weighted by molar-refractivity contribution is 7.15. The number of thiazole rings is 1.